The number of fused-ring (bicyclic) bond motifs is 6. The fraction of sp³-hybridized carbons (Fsp3) is 0. The number of hydrogen-bond acceptors (Lipinski definition) is 3. The standard InChI is InChI=1S/C46H29N3S/c1-4-13-30(14-5-1)39-29-40(31-15-6-2-7-16-31)48-46(47-39)38-20-12-22-43-45(38)37-26-24-33(28-44(37)50-43)32-23-25-36-35-19-10-11-21-41(35)49(42(36)27-32)34-17-8-3-9-18-34/h1-29H/i3D,8D,9D,17D,18D. The summed E-state index contributed by atoms with van der Waals surface area (Å²) < 4.78 is 46.7. The lowest BCUT2D eigenvalue weighted by Gasteiger charge is -2.10. The summed E-state index contributed by atoms with van der Waals surface area (Å²) in [5.74, 6) is 0.667. The highest BCUT2D eigenvalue weighted by Gasteiger charge is 2.18. The molecule has 10 aromatic rings. The summed E-state index contributed by atoms with van der Waals surface area (Å²) in [6.45, 7) is 0. The first-order valence-corrected chi connectivity index (χ1v) is 17.2. The normalized spacial score (nSPS) is 13.0. The molecule has 0 aliphatic heterocycles. The van der Waals surface area contributed by atoms with Crippen LogP contribution in [0.2, 0.25) is 0 Å². The second-order valence-corrected chi connectivity index (χ2v) is 13.3. The first-order chi connectivity index (χ1) is 26.9. The summed E-state index contributed by atoms with van der Waals surface area (Å²) in [7, 11) is 0. The predicted octanol–water partition coefficient (Wildman–Crippen LogP) is 12.6. The SMILES string of the molecule is [2H]c1c([2H])c([2H])c(-n2c3ccccc3c3ccc(-c4ccc5c(c4)sc4cccc(-c6nc(-c7ccccc7)cc(-c7ccccc7)n6)c45)cc32)c([2H])c1[2H]. The zero-order valence-corrected chi connectivity index (χ0v) is 27.4. The van der Waals surface area contributed by atoms with Gasteiger partial charge in [0.25, 0.3) is 0 Å². The number of benzene rings is 7. The third kappa shape index (κ3) is 4.73. The monoisotopic (exact) mass is 660 g/mol. The van der Waals surface area contributed by atoms with Crippen LogP contribution in [0.15, 0.2) is 176 Å². The molecule has 7 aromatic carbocycles. The summed E-state index contributed by atoms with van der Waals surface area (Å²) >= 11 is 1.73. The number of para-hydroxylation sites is 2. The maximum Gasteiger partial charge on any atom is 0.161 e. The molecule has 0 saturated carbocycles. The molecule has 0 atom stereocenters. The molecule has 4 heteroatoms. The zero-order valence-electron chi connectivity index (χ0n) is 31.6. The fourth-order valence-corrected chi connectivity index (χ4v) is 8.19. The molecule has 0 amide bonds. The summed E-state index contributed by atoms with van der Waals surface area (Å²) in [6.07, 6.45) is 0. The molecule has 0 N–H and O–H groups in total. The van der Waals surface area contributed by atoms with E-state index in [-0.39, 0.29) is 29.9 Å². The van der Waals surface area contributed by atoms with Crippen LogP contribution < -0.4 is 0 Å². The number of aromatic nitrogens is 3. The summed E-state index contributed by atoms with van der Waals surface area (Å²) in [5, 5.41) is 4.10. The Kier molecular flexibility index (Phi) is 5.57. The largest absolute Gasteiger partial charge is 0.309 e. The van der Waals surface area contributed by atoms with Gasteiger partial charge in [0, 0.05) is 53.3 Å². The van der Waals surface area contributed by atoms with Crippen molar-refractivity contribution in [3.63, 3.8) is 0 Å². The van der Waals surface area contributed by atoms with Crippen LogP contribution >= 0.6 is 11.3 Å². The van der Waals surface area contributed by atoms with Gasteiger partial charge in [0.2, 0.25) is 0 Å². The van der Waals surface area contributed by atoms with Crippen molar-refractivity contribution < 1.29 is 6.85 Å². The Labute approximate surface area is 300 Å². The van der Waals surface area contributed by atoms with E-state index in [1.165, 1.54) is 0 Å². The highest BCUT2D eigenvalue weighted by Crippen LogP contribution is 2.42. The maximum atomic E-state index is 8.81. The molecule has 0 bridgehead atoms. The third-order valence-corrected chi connectivity index (χ3v) is 10.4. The van der Waals surface area contributed by atoms with Crippen molar-refractivity contribution in [3.05, 3.63) is 176 Å². The second-order valence-electron chi connectivity index (χ2n) is 12.2. The van der Waals surface area contributed by atoms with Gasteiger partial charge < -0.3 is 4.57 Å². The van der Waals surface area contributed by atoms with Crippen LogP contribution in [0.5, 0.6) is 0 Å². The van der Waals surface area contributed by atoms with Crippen LogP contribution in [0, 0.1) is 0 Å². The average molecular weight is 661 g/mol. The summed E-state index contributed by atoms with van der Waals surface area (Å²) in [6, 6.07) is 47.7. The molecule has 0 fully saturated rings. The molecule has 0 saturated heterocycles. The molecule has 0 radical (unpaired) electrons. The van der Waals surface area contributed by atoms with Crippen LogP contribution in [0.4, 0.5) is 0 Å². The van der Waals surface area contributed by atoms with Crippen molar-refractivity contribution in [2.24, 2.45) is 0 Å². The Bertz CT molecular complexity index is 3070. The summed E-state index contributed by atoms with van der Waals surface area (Å²) in [4.78, 5) is 10.3. The van der Waals surface area contributed by atoms with E-state index in [0.717, 1.165) is 81.2 Å². The first-order valence-electron chi connectivity index (χ1n) is 18.9. The highest BCUT2D eigenvalue weighted by atomic mass is 32.1. The molecule has 3 heterocycles. The van der Waals surface area contributed by atoms with Crippen molar-refractivity contribution in [2.45, 2.75) is 0 Å². The van der Waals surface area contributed by atoms with E-state index in [1.807, 2.05) is 65.2 Å². The number of hydrogen-bond donors (Lipinski definition) is 0. The van der Waals surface area contributed by atoms with Crippen molar-refractivity contribution >= 4 is 53.3 Å². The van der Waals surface area contributed by atoms with E-state index in [4.69, 9.17) is 16.8 Å². The lowest BCUT2D eigenvalue weighted by atomic mass is 10.00. The number of rotatable bonds is 5. The van der Waals surface area contributed by atoms with Gasteiger partial charge in [0.15, 0.2) is 5.82 Å². The molecular weight excluding hydrogens is 627 g/mol. The molecule has 10 rings (SSSR count). The minimum absolute atomic E-state index is 0.135. The Morgan fingerprint density at radius 1 is 0.480 bits per heavy atom. The van der Waals surface area contributed by atoms with Gasteiger partial charge in [-0.1, -0.05) is 133 Å². The van der Waals surface area contributed by atoms with E-state index >= 15 is 0 Å². The van der Waals surface area contributed by atoms with Crippen molar-refractivity contribution in [3.8, 4) is 50.7 Å². The predicted molar refractivity (Wildman–Crippen MR) is 211 cm³/mol. The highest BCUT2D eigenvalue weighted by molar-refractivity contribution is 7.26. The van der Waals surface area contributed by atoms with Crippen molar-refractivity contribution in [1.82, 2.24) is 14.5 Å². The topological polar surface area (TPSA) is 30.7 Å². The smallest absolute Gasteiger partial charge is 0.161 e. The van der Waals surface area contributed by atoms with Gasteiger partial charge in [0.1, 0.15) is 0 Å². The van der Waals surface area contributed by atoms with Crippen LogP contribution in [0.3, 0.4) is 0 Å². The quantitative estimate of drug-likeness (QED) is 0.184. The van der Waals surface area contributed by atoms with Crippen LogP contribution in [-0.4, -0.2) is 14.5 Å². The van der Waals surface area contributed by atoms with E-state index in [0.29, 0.717) is 5.82 Å². The van der Waals surface area contributed by atoms with Gasteiger partial charge in [0.05, 0.1) is 29.3 Å². The lowest BCUT2D eigenvalue weighted by Crippen LogP contribution is -1.96. The zero-order chi connectivity index (χ0) is 37.4. The minimum atomic E-state index is -0.410. The average Bonchev–Trinajstić information content (AvgIpc) is 3.78. The second kappa shape index (κ2) is 11.7. The van der Waals surface area contributed by atoms with Gasteiger partial charge in [-0.15, -0.1) is 11.3 Å². The Hall–Kier alpha value is -6.36. The van der Waals surface area contributed by atoms with Crippen molar-refractivity contribution in [2.75, 3.05) is 0 Å². The molecule has 3 aromatic heterocycles. The van der Waals surface area contributed by atoms with Gasteiger partial charge >= 0.3 is 0 Å². The van der Waals surface area contributed by atoms with Gasteiger partial charge in [-0.05, 0) is 53.5 Å². The van der Waals surface area contributed by atoms with Crippen LogP contribution in [-0.2, 0) is 0 Å². The Balaban J connectivity index is 1.15. The molecule has 234 valence electrons. The van der Waals surface area contributed by atoms with Gasteiger partial charge in [-0.25, -0.2) is 9.97 Å². The summed E-state index contributed by atoms with van der Waals surface area (Å²) in [5.41, 5.74) is 8.38. The lowest BCUT2D eigenvalue weighted by molar-refractivity contribution is 1.18. The van der Waals surface area contributed by atoms with E-state index < -0.39 is 6.04 Å². The number of thiophene rings is 1. The molecule has 0 aliphatic rings. The number of nitrogens with zero attached hydrogens (tertiary/aromatic N) is 3. The molecular formula is C46H29N3S. The molecule has 50 heavy (non-hydrogen) atoms. The van der Waals surface area contributed by atoms with E-state index in [2.05, 4.69) is 84.9 Å². The van der Waals surface area contributed by atoms with E-state index in [9.17, 15) is 0 Å². The van der Waals surface area contributed by atoms with Gasteiger partial charge in [-0.3, -0.25) is 0 Å². The molecule has 0 aliphatic carbocycles. The molecule has 0 spiro atoms. The molecule has 0 unspecified atom stereocenters. The third-order valence-electron chi connectivity index (χ3n) is 9.32. The van der Waals surface area contributed by atoms with Crippen LogP contribution in [0.1, 0.15) is 6.85 Å². The van der Waals surface area contributed by atoms with Crippen molar-refractivity contribution in [1.29, 1.82) is 0 Å². The first kappa shape index (κ1) is 23.9. The van der Waals surface area contributed by atoms with Crippen LogP contribution in [0.25, 0.3) is 92.7 Å². The Morgan fingerprint density at radius 2 is 1.12 bits per heavy atom. The Morgan fingerprint density at radius 3 is 1.86 bits per heavy atom. The van der Waals surface area contributed by atoms with E-state index in [1.54, 1.807) is 11.3 Å². The fourth-order valence-electron chi connectivity index (χ4n) is 7.02. The maximum absolute atomic E-state index is 8.81. The van der Waals surface area contributed by atoms with Gasteiger partial charge in [-0.2, -0.15) is 0 Å². The molecule has 3 nitrogen and oxygen atoms in total. The minimum Gasteiger partial charge on any atom is -0.309 e.